The van der Waals surface area contributed by atoms with Gasteiger partial charge in [-0.25, -0.2) is 4.39 Å². The number of anilines is 1. The Kier molecular flexibility index (Phi) is 6.59. The lowest BCUT2D eigenvalue weighted by Gasteiger charge is -2.27. The van der Waals surface area contributed by atoms with Crippen LogP contribution in [0.15, 0.2) is 58.2 Å². The third-order valence-electron chi connectivity index (χ3n) is 5.60. The Morgan fingerprint density at radius 2 is 1.85 bits per heavy atom. The Bertz CT molecular complexity index is 1250. The molecule has 0 N–H and O–H groups in total. The van der Waals surface area contributed by atoms with Gasteiger partial charge in [0.2, 0.25) is 17.7 Å². The zero-order valence-corrected chi connectivity index (χ0v) is 19.8. The number of nitrogens with zero attached hydrogens (tertiary/aromatic N) is 6. The fourth-order valence-corrected chi connectivity index (χ4v) is 4.52. The van der Waals surface area contributed by atoms with Crippen LogP contribution >= 0.6 is 11.8 Å². The maximum Gasteiger partial charge on any atom is 0.237 e. The molecule has 5 rings (SSSR count). The highest BCUT2D eigenvalue weighted by atomic mass is 32.2. The third-order valence-corrected chi connectivity index (χ3v) is 6.52. The average molecular weight is 481 g/mol. The normalized spacial score (nSPS) is 14.2. The van der Waals surface area contributed by atoms with Crippen LogP contribution in [0.25, 0.3) is 17.1 Å². The van der Waals surface area contributed by atoms with Gasteiger partial charge in [0.15, 0.2) is 5.16 Å². The zero-order chi connectivity index (χ0) is 23.5. The molecule has 0 unspecified atom stereocenters. The third kappa shape index (κ3) is 4.83. The molecule has 34 heavy (non-hydrogen) atoms. The molecule has 1 saturated heterocycles. The van der Waals surface area contributed by atoms with Crippen molar-refractivity contribution in [2.24, 2.45) is 0 Å². The molecule has 0 saturated carbocycles. The number of ether oxygens (including phenoxy) is 1. The minimum absolute atomic E-state index is 0.319. The molecule has 1 aliphatic rings. The van der Waals surface area contributed by atoms with Gasteiger partial charge in [0.25, 0.3) is 0 Å². The van der Waals surface area contributed by atoms with Crippen molar-refractivity contribution in [3.63, 3.8) is 0 Å². The Morgan fingerprint density at radius 1 is 1.06 bits per heavy atom. The molecule has 2 aromatic heterocycles. The molecule has 0 radical (unpaired) electrons. The number of hydrogen-bond donors (Lipinski definition) is 0. The lowest BCUT2D eigenvalue weighted by Crippen LogP contribution is -2.37. The molecule has 0 atom stereocenters. The van der Waals surface area contributed by atoms with E-state index in [4.69, 9.17) is 9.26 Å². The molecule has 0 aliphatic carbocycles. The van der Waals surface area contributed by atoms with Gasteiger partial charge in [-0.15, -0.1) is 10.2 Å². The molecule has 10 heteroatoms. The summed E-state index contributed by atoms with van der Waals surface area (Å²) in [7, 11) is 0. The van der Waals surface area contributed by atoms with E-state index in [2.05, 4.69) is 51.2 Å². The fourth-order valence-electron chi connectivity index (χ4n) is 3.74. The molecule has 0 amide bonds. The van der Waals surface area contributed by atoms with Crippen LogP contribution in [0.3, 0.4) is 0 Å². The first-order valence-electron chi connectivity index (χ1n) is 11.2. The summed E-state index contributed by atoms with van der Waals surface area (Å²) in [5.74, 6) is 2.24. The zero-order valence-electron chi connectivity index (χ0n) is 19.0. The largest absolute Gasteiger partial charge is 0.378 e. The second kappa shape index (κ2) is 9.94. The van der Waals surface area contributed by atoms with Crippen molar-refractivity contribution in [1.29, 1.82) is 0 Å². The van der Waals surface area contributed by atoms with Gasteiger partial charge in [0.1, 0.15) is 5.82 Å². The Labute approximate surface area is 201 Å². The number of benzene rings is 2. The highest BCUT2D eigenvalue weighted by molar-refractivity contribution is 7.98. The predicted molar refractivity (Wildman–Crippen MR) is 128 cm³/mol. The first-order valence-corrected chi connectivity index (χ1v) is 12.2. The maximum atomic E-state index is 14.0. The summed E-state index contributed by atoms with van der Waals surface area (Å²) in [6.07, 6.45) is 0. The molecular weight excluding hydrogens is 455 g/mol. The summed E-state index contributed by atoms with van der Waals surface area (Å²) < 4.78 is 26.8. The Hall–Kier alpha value is -3.24. The lowest BCUT2D eigenvalue weighted by molar-refractivity contribution is 0.122. The van der Waals surface area contributed by atoms with Gasteiger partial charge < -0.3 is 14.2 Å². The summed E-state index contributed by atoms with van der Waals surface area (Å²) in [6.45, 7) is 6.93. The molecule has 176 valence electrons. The Balaban J connectivity index is 1.37. The van der Waals surface area contributed by atoms with Crippen molar-refractivity contribution in [3.8, 4) is 17.1 Å². The van der Waals surface area contributed by atoms with Gasteiger partial charge in [-0.2, -0.15) is 4.98 Å². The lowest BCUT2D eigenvalue weighted by atomic mass is 10.0. The van der Waals surface area contributed by atoms with Crippen LogP contribution in [-0.2, 0) is 10.5 Å². The van der Waals surface area contributed by atoms with Crippen molar-refractivity contribution >= 4 is 17.7 Å². The smallest absolute Gasteiger partial charge is 0.237 e. The average Bonchev–Trinajstić information content (AvgIpc) is 3.51. The minimum Gasteiger partial charge on any atom is -0.378 e. The van der Waals surface area contributed by atoms with Gasteiger partial charge in [0, 0.05) is 18.7 Å². The fraction of sp³-hybridized carbons (Fsp3) is 0.333. The summed E-state index contributed by atoms with van der Waals surface area (Å²) in [4.78, 5) is 6.63. The minimum atomic E-state index is -0.319. The summed E-state index contributed by atoms with van der Waals surface area (Å²) in [5, 5.41) is 13.5. The van der Waals surface area contributed by atoms with Gasteiger partial charge in [-0.1, -0.05) is 61.1 Å². The van der Waals surface area contributed by atoms with Crippen molar-refractivity contribution in [3.05, 3.63) is 65.8 Å². The van der Waals surface area contributed by atoms with Gasteiger partial charge in [-0.05, 0) is 29.7 Å². The summed E-state index contributed by atoms with van der Waals surface area (Å²) in [5.41, 5.74) is 2.82. The van der Waals surface area contributed by atoms with Crippen LogP contribution in [0.2, 0.25) is 0 Å². The van der Waals surface area contributed by atoms with E-state index >= 15 is 0 Å². The van der Waals surface area contributed by atoms with Crippen molar-refractivity contribution < 1.29 is 13.7 Å². The number of hydrogen-bond acceptors (Lipinski definition) is 8. The van der Waals surface area contributed by atoms with E-state index in [1.54, 1.807) is 6.07 Å². The molecule has 0 spiro atoms. The van der Waals surface area contributed by atoms with Crippen molar-refractivity contribution in [2.45, 2.75) is 30.7 Å². The molecule has 1 fully saturated rings. The SMILES string of the molecule is CC(C)c1ccc(-c2noc(CSc3nnc(N4CCOCC4)n3-c3cccc(F)c3)n2)cc1. The van der Waals surface area contributed by atoms with E-state index in [0.717, 1.165) is 5.56 Å². The maximum absolute atomic E-state index is 14.0. The number of aromatic nitrogens is 5. The van der Waals surface area contributed by atoms with Crippen LogP contribution in [0.1, 0.15) is 31.2 Å². The standard InChI is InChI=1S/C24H25FN6O2S/c1-16(2)17-6-8-18(9-7-17)22-26-21(33-29-22)15-34-24-28-27-23(30-10-12-32-13-11-30)31(24)20-5-3-4-19(25)14-20/h3-9,14,16H,10-13,15H2,1-2H3. The number of morpholine rings is 1. The molecular formula is C24H25FN6O2S. The summed E-state index contributed by atoms with van der Waals surface area (Å²) in [6, 6.07) is 14.6. The quantitative estimate of drug-likeness (QED) is 0.352. The van der Waals surface area contributed by atoms with E-state index in [1.165, 1.54) is 29.5 Å². The molecule has 1 aliphatic heterocycles. The highest BCUT2D eigenvalue weighted by Crippen LogP contribution is 2.30. The molecule has 4 aromatic rings. The van der Waals surface area contributed by atoms with Crippen LogP contribution < -0.4 is 4.90 Å². The number of thioether (sulfide) groups is 1. The highest BCUT2D eigenvalue weighted by Gasteiger charge is 2.22. The molecule has 0 bridgehead atoms. The number of rotatable bonds is 7. The predicted octanol–water partition coefficient (Wildman–Crippen LogP) is 4.71. The van der Waals surface area contributed by atoms with E-state index in [0.29, 0.717) is 66.5 Å². The molecule has 2 aromatic carbocycles. The van der Waals surface area contributed by atoms with Gasteiger partial charge >= 0.3 is 0 Å². The van der Waals surface area contributed by atoms with Crippen molar-refractivity contribution in [2.75, 3.05) is 31.2 Å². The van der Waals surface area contributed by atoms with E-state index in [-0.39, 0.29) is 5.82 Å². The monoisotopic (exact) mass is 480 g/mol. The van der Waals surface area contributed by atoms with E-state index in [1.807, 2.05) is 22.8 Å². The van der Waals surface area contributed by atoms with Crippen LogP contribution in [-0.4, -0.2) is 51.2 Å². The first kappa shape index (κ1) is 22.5. The molecule has 8 nitrogen and oxygen atoms in total. The topological polar surface area (TPSA) is 82.1 Å². The molecule has 3 heterocycles. The number of halogens is 1. The second-order valence-electron chi connectivity index (χ2n) is 8.27. The van der Waals surface area contributed by atoms with Crippen LogP contribution in [0.4, 0.5) is 10.3 Å². The van der Waals surface area contributed by atoms with Crippen LogP contribution in [0, 0.1) is 5.82 Å². The van der Waals surface area contributed by atoms with E-state index < -0.39 is 0 Å². The second-order valence-corrected chi connectivity index (χ2v) is 9.22. The van der Waals surface area contributed by atoms with Crippen molar-refractivity contribution in [1.82, 2.24) is 24.9 Å². The van der Waals surface area contributed by atoms with Gasteiger partial charge in [-0.3, -0.25) is 4.57 Å². The van der Waals surface area contributed by atoms with E-state index in [9.17, 15) is 4.39 Å². The Morgan fingerprint density at radius 3 is 2.59 bits per heavy atom. The van der Waals surface area contributed by atoms with Crippen LogP contribution in [0.5, 0.6) is 0 Å². The van der Waals surface area contributed by atoms with Gasteiger partial charge in [0.05, 0.1) is 24.7 Å². The first-order chi connectivity index (χ1) is 16.6. The summed E-state index contributed by atoms with van der Waals surface area (Å²) >= 11 is 1.41.